The Labute approximate surface area is 134 Å². The summed E-state index contributed by atoms with van der Waals surface area (Å²) in [4.78, 5) is 5.69. The molecule has 5 nitrogen and oxygen atoms in total. The molecule has 0 amide bonds. The number of nitrogens with zero attached hydrogens (tertiary/aromatic N) is 1. The summed E-state index contributed by atoms with van der Waals surface area (Å²) >= 11 is 1.45. The second-order valence-corrected chi connectivity index (χ2v) is 8.31. The molecule has 1 aromatic heterocycles. The van der Waals surface area contributed by atoms with E-state index in [0.717, 1.165) is 35.4 Å². The van der Waals surface area contributed by atoms with Gasteiger partial charge in [0.15, 0.2) is 5.13 Å². The van der Waals surface area contributed by atoms with Crippen molar-refractivity contribution in [3.8, 4) is 0 Å². The lowest BCUT2D eigenvalue weighted by Crippen LogP contribution is -2.38. The Hall–Kier alpha value is -1.44. The average molecular weight is 337 g/mol. The number of nitrogens with one attached hydrogen (secondary N) is 1. The van der Waals surface area contributed by atoms with Gasteiger partial charge in [-0.1, -0.05) is 19.1 Å². The Morgan fingerprint density at radius 1 is 1.36 bits per heavy atom. The molecule has 0 fully saturated rings. The third kappa shape index (κ3) is 3.16. The molecule has 22 heavy (non-hydrogen) atoms. The highest BCUT2D eigenvalue weighted by atomic mass is 32.2. The molecule has 0 spiro atoms. The Balaban J connectivity index is 1.74. The fourth-order valence-corrected chi connectivity index (χ4v) is 4.92. The minimum Gasteiger partial charge on any atom is -0.375 e. The smallest absolute Gasteiger partial charge is 0.240 e. The lowest BCUT2D eigenvalue weighted by atomic mass is 9.99. The van der Waals surface area contributed by atoms with Gasteiger partial charge in [0.2, 0.25) is 10.0 Å². The van der Waals surface area contributed by atoms with Crippen LogP contribution in [0.15, 0.2) is 29.2 Å². The molecule has 0 aliphatic heterocycles. The van der Waals surface area contributed by atoms with Gasteiger partial charge in [0.1, 0.15) is 0 Å². The summed E-state index contributed by atoms with van der Waals surface area (Å²) in [5.74, 6) is 0. The Morgan fingerprint density at radius 3 is 2.77 bits per heavy atom. The van der Waals surface area contributed by atoms with E-state index in [0.29, 0.717) is 16.4 Å². The van der Waals surface area contributed by atoms with Gasteiger partial charge < -0.3 is 5.73 Å². The quantitative estimate of drug-likeness (QED) is 0.895. The summed E-state index contributed by atoms with van der Waals surface area (Å²) in [5.41, 5.74) is 7.86. The fourth-order valence-electron chi connectivity index (χ4n) is 2.69. The number of nitrogens with two attached hydrogens (primary N) is 1. The highest BCUT2D eigenvalue weighted by Crippen LogP contribution is 2.28. The highest BCUT2D eigenvalue weighted by molar-refractivity contribution is 7.89. The lowest BCUT2D eigenvalue weighted by Gasteiger charge is -2.22. The summed E-state index contributed by atoms with van der Waals surface area (Å²) in [6.45, 7) is 2.04. The summed E-state index contributed by atoms with van der Waals surface area (Å²) in [6.07, 6.45) is 3.08. The Kier molecular flexibility index (Phi) is 4.20. The van der Waals surface area contributed by atoms with Crippen LogP contribution >= 0.6 is 11.3 Å². The molecule has 0 bridgehead atoms. The van der Waals surface area contributed by atoms with Crippen molar-refractivity contribution in [1.82, 2.24) is 9.71 Å². The van der Waals surface area contributed by atoms with Crippen molar-refractivity contribution in [1.29, 1.82) is 0 Å². The number of sulfonamides is 1. The SMILES string of the molecule is CCc1ccc(S(=O)(=O)NC2CCc3nc(N)sc3C2)cc1. The molecule has 1 aliphatic carbocycles. The standard InChI is InChI=1S/C15H19N3O2S2/c1-2-10-3-6-12(7-4-10)22(19,20)18-11-5-8-13-14(9-11)21-15(16)17-13/h3-4,6-7,11,18H,2,5,8-9H2,1H3,(H2,16,17). The predicted molar refractivity (Wildman–Crippen MR) is 88.5 cm³/mol. The molecular weight excluding hydrogens is 318 g/mol. The first-order valence-corrected chi connectivity index (χ1v) is 9.63. The maximum atomic E-state index is 12.5. The average Bonchev–Trinajstić information content (AvgIpc) is 2.86. The van der Waals surface area contributed by atoms with E-state index in [1.807, 2.05) is 19.1 Å². The van der Waals surface area contributed by atoms with Gasteiger partial charge in [0.25, 0.3) is 0 Å². The molecule has 2 aromatic rings. The number of anilines is 1. The van der Waals surface area contributed by atoms with Crippen molar-refractivity contribution in [2.24, 2.45) is 0 Å². The van der Waals surface area contributed by atoms with Crippen LogP contribution in [0.4, 0.5) is 5.13 Å². The molecule has 1 atom stereocenters. The van der Waals surface area contributed by atoms with Crippen LogP contribution in [0.3, 0.4) is 0 Å². The van der Waals surface area contributed by atoms with Crippen molar-refractivity contribution in [3.05, 3.63) is 40.4 Å². The van der Waals surface area contributed by atoms with Crippen molar-refractivity contribution < 1.29 is 8.42 Å². The van der Waals surface area contributed by atoms with E-state index < -0.39 is 10.0 Å². The van der Waals surface area contributed by atoms with Crippen LogP contribution < -0.4 is 10.5 Å². The number of nitrogen functional groups attached to an aromatic ring is 1. The lowest BCUT2D eigenvalue weighted by molar-refractivity contribution is 0.508. The number of aromatic nitrogens is 1. The molecule has 0 saturated heterocycles. The molecule has 0 saturated carbocycles. The van der Waals surface area contributed by atoms with Crippen molar-refractivity contribution in [2.75, 3.05) is 5.73 Å². The maximum Gasteiger partial charge on any atom is 0.240 e. The normalized spacial score (nSPS) is 18.1. The first-order chi connectivity index (χ1) is 10.5. The summed E-state index contributed by atoms with van der Waals surface area (Å²) in [6, 6.07) is 6.96. The fraction of sp³-hybridized carbons (Fsp3) is 0.400. The number of aryl methyl sites for hydroxylation is 2. The summed E-state index contributed by atoms with van der Waals surface area (Å²) in [5, 5.41) is 0.559. The third-order valence-electron chi connectivity index (χ3n) is 3.92. The van der Waals surface area contributed by atoms with Crippen molar-refractivity contribution in [3.63, 3.8) is 0 Å². The van der Waals surface area contributed by atoms with Crippen LogP contribution in [-0.4, -0.2) is 19.4 Å². The van der Waals surface area contributed by atoms with Crippen LogP contribution in [0, 0.1) is 0 Å². The summed E-state index contributed by atoms with van der Waals surface area (Å²) < 4.78 is 27.7. The number of benzene rings is 1. The van der Waals surface area contributed by atoms with Crippen LogP contribution in [0.2, 0.25) is 0 Å². The van der Waals surface area contributed by atoms with E-state index in [4.69, 9.17) is 5.73 Å². The zero-order chi connectivity index (χ0) is 15.7. The minimum atomic E-state index is -3.48. The number of hydrogen-bond donors (Lipinski definition) is 2. The molecular formula is C15H19N3O2S2. The summed E-state index contributed by atoms with van der Waals surface area (Å²) in [7, 11) is -3.48. The van der Waals surface area contributed by atoms with E-state index in [1.165, 1.54) is 11.3 Å². The molecule has 1 aromatic carbocycles. The van der Waals surface area contributed by atoms with E-state index in [1.54, 1.807) is 12.1 Å². The zero-order valence-corrected chi connectivity index (χ0v) is 14.0. The van der Waals surface area contributed by atoms with Crippen molar-refractivity contribution in [2.45, 2.75) is 43.5 Å². The van der Waals surface area contributed by atoms with Gasteiger partial charge in [-0.05, 0) is 37.0 Å². The van der Waals surface area contributed by atoms with Gasteiger partial charge in [-0.15, -0.1) is 11.3 Å². The molecule has 118 valence electrons. The zero-order valence-electron chi connectivity index (χ0n) is 12.4. The van der Waals surface area contributed by atoms with Crippen LogP contribution in [0.25, 0.3) is 0 Å². The molecule has 7 heteroatoms. The van der Waals surface area contributed by atoms with Crippen LogP contribution in [-0.2, 0) is 29.3 Å². The molecule has 0 radical (unpaired) electrons. The largest absolute Gasteiger partial charge is 0.375 e. The number of rotatable bonds is 4. The molecule has 3 rings (SSSR count). The topological polar surface area (TPSA) is 85.1 Å². The Bertz CT molecular complexity index is 767. The maximum absolute atomic E-state index is 12.5. The van der Waals surface area contributed by atoms with Crippen molar-refractivity contribution >= 4 is 26.5 Å². The van der Waals surface area contributed by atoms with Gasteiger partial charge in [-0.2, -0.15) is 0 Å². The molecule has 1 unspecified atom stereocenters. The second-order valence-electron chi connectivity index (χ2n) is 5.48. The van der Waals surface area contributed by atoms with E-state index in [-0.39, 0.29) is 6.04 Å². The highest BCUT2D eigenvalue weighted by Gasteiger charge is 2.26. The predicted octanol–water partition coefficient (Wildman–Crippen LogP) is 2.12. The minimum absolute atomic E-state index is 0.0943. The van der Waals surface area contributed by atoms with E-state index in [2.05, 4.69) is 9.71 Å². The van der Waals surface area contributed by atoms with Crippen LogP contribution in [0.1, 0.15) is 29.5 Å². The number of hydrogen-bond acceptors (Lipinski definition) is 5. The second kappa shape index (κ2) is 5.98. The van der Waals surface area contributed by atoms with Gasteiger partial charge in [0, 0.05) is 17.3 Å². The number of fused-ring (bicyclic) bond motifs is 1. The third-order valence-corrected chi connectivity index (χ3v) is 6.41. The first-order valence-electron chi connectivity index (χ1n) is 7.33. The Morgan fingerprint density at radius 2 is 2.09 bits per heavy atom. The van der Waals surface area contributed by atoms with Gasteiger partial charge in [-0.25, -0.2) is 18.1 Å². The number of thiazole rings is 1. The molecule has 1 heterocycles. The van der Waals surface area contributed by atoms with E-state index >= 15 is 0 Å². The van der Waals surface area contributed by atoms with Gasteiger partial charge >= 0.3 is 0 Å². The van der Waals surface area contributed by atoms with Gasteiger partial charge in [0.05, 0.1) is 10.6 Å². The van der Waals surface area contributed by atoms with Crippen LogP contribution in [0.5, 0.6) is 0 Å². The molecule has 3 N–H and O–H groups in total. The monoisotopic (exact) mass is 337 g/mol. The van der Waals surface area contributed by atoms with Gasteiger partial charge in [-0.3, -0.25) is 0 Å². The first kappa shape index (κ1) is 15.5. The van der Waals surface area contributed by atoms with E-state index in [9.17, 15) is 8.42 Å². The molecule has 1 aliphatic rings.